The summed E-state index contributed by atoms with van der Waals surface area (Å²) in [5, 5.41) is 2.71. The molecule has 126 valence electrons. The number of hydrogen-bond donors (Lipinski definition) is 1. The molecule has 1 rings (SSSR count). The third-order valence-corrected chi connectivity index (χ3v) is 3.13. The first-order valence-electron chi connectivity index (χ1n) is 7.19. The molecule has 1 aromatic rings. The molecular weight excluding hydrogens is 300 g/mol. The summed E-state index contributed by atoms with van der Waals surface area (Å²) in [5.41, 5.74) is 0.759. The van der Waals surface area contributed by atoms with Crippen LogP contribution in [-0.4, -0.2) is 63.6 Å². The molecule has 0 bridgehead atoms. The molecule has 23 heavy (non-hydrogen) atoms. The highest BCUT2D eigenvalue weighted by atomic mass is 16.5. The van der Waals surface area contributed by atoms with Crippen LogP contribution in [0.2, 0.25) is 0 Å². The Balaban J connectivity index is 2.52. The first kappa shape index (κ1) is 18.6. The number of esters is 1. The number of hydrogen-bond acceptors (Lipinski definition) is 5. The fourth-order valence-corrected chi connectivity index (χ4v) is 1.87. The zero-order valence-electron chi connectivity index (χ0n) is 13.6. The number of nitrogens with one attached hydrogen (secondary N) is 1. The van der Waals surface area contributed by atoms with Crippen molar-refractivity contribution >= 4 is 17.8 Å². The number of methoxy groups -OCH3 is 2. The van der Waals surface area contributed by atoms with Crippen molar-refractivity contribution in [3.8, 4) is 0 Å². The van der Waals surface area contributed by atoms with Gasteiger partial charge in [0.2, 0.25) is 5.91 Å². The largest absolute Gasteiger partial charge is 0.465 e. The van der Waals surface area contributed by atoms with Gasteiger partial charge in [0.25, 0.3) is 5.91 Å². The average Bonchev–Trinajstić information content (AvgIpc) is 2.57. The van der Waals surface area contributed by atoms with E-state index < -0.39 is 5.97 Å². The Labute approximate surface area is 135 Å². The van der Waals surface area contributed by atoms with Crippen LogP contribution >= 0.6 is 0 Å². The Morgan fingerprint density at radius 2 is 1.70 bits per heavy atom. The zero-order valence-corrected chi connectivity index (χ0v) is 13.6. The lowest BCUT2D eigenvalue weighted by molar-refractivity contribution is -0.121. The smallest absolute Gasteiger partial charge is 0.337 e. The van der Waals surface area contributed by atoms with Gasteiger partial charge in [-0.1, -0.05) is 0 Å². The number of nitrogens with zero attached hydrogens (tertiary/aromatic N) is 1. The van der Waals surface area contributed by atoms with Gasteiger partial charge < -0.3 is 19.7 Å². The van der Waals surface area contributed by atoms with Gasteiger partial charge in [-0.05, 0) is 30.7 Å². The second-order valence-electron chi connectivity index (χ2n) is 4.93. The lowest BCUT2D eigenvalue weighted by Gasteiger charge is -2.17. The van der Waals surface area contributed by atoms with Crippen molar-refractivity contribution in [1.82, 2.24) is 10.2 Å². The van der Waals surface area contributed by atoms with Crippen LogP contribution in [0.25, 0.3) is 0 Å². The molecule has 0 fully saturated rings. The minimum absolute atomic E-state index is 0.0371. The van der Waals surface area contributed by atoms with E-state index in [0.29, 0.717) is 24.3 Å². The molecule has 0 spiro atoms. The molecule has 0 saturated heterocycles. The Morgan fingerprint density at radius 1 is 1.09 bits per heavy atom. The van der Waals surface area contributed by atoms with E-state index in [1.807, 2.05) is 0 Å². The highest BCUT2D eigenvalue weighted by molar-refractivity contribution is 5.97. The molecule has 0 unspecified atom stereocenters. The summed E-state index contributed by atoms with van der Waals surface area (Å²) < 4.78 is 9.48. The molecule has 0 aliphatic carbocycles. The zero-order chi connectivity index (χ0) is 17.2. The molecule has 7 heteroatoms. The number of carbonyl (C=O) groups is 3. The van der Waals surface area contributed by atoms with Crippen LogP contribution in [0.5, 0.6) is 0 Å². The van der Waals surface area contributed by atoms with Gasteiger partial charge in [-0.25, -0.2) is 4.79 Å². The SMILES string of the molecule is COCCCNC(=O)CN(C)C(=O)c1ccc(C(=O)OC)cc1. The van der Waals surface area contributed by atoms with Gasteiger partial charge in [0.15, 0.2) is 0 Å². The van der Waals surface area contributed by atoms with Crippen molar-refractivity contribution in [2.75, 3.05) is 41.0 Å². The van der Waals surface area contributed by atoms with Crippen LogP contribution in [0.4, 0.5) is 0 Å². The molecule has 0 atom stereocenters. The van der Waals surface area contributed by atoms with E-state index in [-0.39, 0.29) is 18.4 Å². The normalized spacial score (nSPS) is 10.0. The van der Waals surface area contributed by atoms with Crippen LogP contribution in [0.3, 0.4) is 0 Å². The van der Waals surface area contributed by atoms with Gasteiger partial charge in [-0.3, -0.25) is 9.59 Å². The van der Waals surface area contributed by atoms with Crippen molar-refractivity contribution in [2.45, 2.75) is 6.42 Å². The van der Waals surface area contributed by atoms with Crippen molar-refractivity contribution < 1.29 is 23.9 Å². The summed E-state index contributed by atoms with van der Waals surface area (Å²) in [6, 6.07) is 6.08. The predicted molar refractivity (Wildman–Crippen MR) is 84.2 cm³/mol. The number of likely N-dealkylation sites (N-methyl/N-ethyl adjacent to an activating group) is 1. The predicted octanol–water partition coefficient (Wildman–Crippen LogP) is 0.698. The molecule has 0 aliphatic rings. The molecule has 7 nitrogen and oxygen atoms in total. The van der Waals surface area contributed by atoms with Gasteiger partial charge in [0.1, 0.15) is 0 Å². The molecule has 0 aromatic heterocycles. The van der Waals surface area contributed by atoms with Gasteiger partial charge in [-0.15, -0.1) is 0 Å². The first-order chi connectivity index (χ1) is 11.0. The second kappa shape index (κ2) is 9.58. The molecule has 2 amide bonds. The third-order valence-electron chi connectivity index (χ3n) is 3.13. The maximum absolute atomic E-state index is 12.2. The molecule has 1 N–H and O–H groups in total. The highest BCUT2D eigenvalue weighted by Gasteiger charge is 2.15. The monoisotopic (exact) mass is 322 g/mol. The molecule has 0 aliphatic heterocycles. The van der Waals surface area contributed by atoms with Crippen LogP contribution in [0.1, 0.15) is 27.1 Å². The van der Waals surface area contributed by atoms with Crippen molar-refractivity contribution in [3.05, 3.63) is 35.4 Å². The van der Waals surface area contributed by atoms with E-state index in [9.17, 15) is 14.4 Å². The minimum atomic E-state index is -0.465. The fourth-order valence-electron chi connectivity index (χ4n) is 1.87. The number of benzene rings is 1. The van der Waals surface area contributed by atoms with E-state index in [0.717, 1.165) is 6.42 Å². The lowest BCUT2D eigenvalue weighted by atomic mass is 10.1. The number of ether oxygens (including phenoxy) is 2. The number of rotatable bonds is 8. The number of carbonyl (C=O) groups excluding carboxylic acids is 3. The van der Waals surface area contributed by atoms with Crippen molar-refractivity contribution in [3.63, 3.8) is 0 Å². The Bertz CT molecular complexity index is 542. The standard InChI is InChI=1S/C16H22N2O5/c1-18(11-14(19)17-9-4-10-22-2)15(20)12-5-7-13(8-6-12)16(21)23-3/h5-8H,4,9-11H2,1-3H3,(H,17,19). The van der Waals surface area contributed by atoms with Crippen molar-refractivity contribution in [1.29, 1.82) is 0 Å². The van der Waals surface area contributed by atoms with E-state index in [2.05, 4.69) is 10.1 Å². The van der Waals surface area contributed by atoms with E-state index in [1.165, 1.54) is 36.3 Å². The summed E-state index contributed by atoms with van der Waals surface area (Å²) in [5.74, 6) is -0.996. The maximum Gasteiger partial charge on any atom is 0.337 e. The van der Waals surface area contributed by atoms with Crippen molar-refractivity contribution in [2.24, 2.45) is 0 Å². The van der Waals surface area contributed by atoms with Crippen LogP contribution in [0.15, 0.2) is 24.3 Å². The number of amides is 2. The van der Waals surface area contributed by atoms with Crippen LogP contribution in [-0.2, 0) is 14.3 Å². The van der Waals surface area contributed by atoms with E-state index in [4.69, 9.17) is 4.74 Å². The Hall–Kier alpha value is -2.41. The fraction of sp³-hybridized carbons (Fsp3) is 0.438. The van der Waals surface area contributed by atoms with Crippen LogP contribution < -0.4 is 5.32 Å². The quantitative estimate of drug-likeness (QED) is 0.562. The van der Waals surface area contributed by atoms with Gasteiger partial charge in [0, 0.05) is 32.9 Å². The highest BCUT2D eigenvalue weighted by Crippen LogP contribution is 2.08. The Morgan fingerprint density at radius 3 is 2.26 bits per heavy atom. The average molecular weight is 322 g/mol. The maximum atomic E-state index is 12.2. The summed E-state index contributed by atoms with van der Waals surface area (Å²) >= 11 is 0. The molecule has 0 saturated carbocycles. The summed E-state index contributed by atoms with van der Waals surface area (Å²) in [6.07, 6.45) is 0.717. The van der Waals surface area contributed by atoms with Crippen LogP contribution in [0, 0.1) is 0 Å². The molecule has 0 radical (unpaired) electrons. The summed E-state index contributed by atoms with van der Waals surface area (Å²) in [6.45, 7) is 1.04. The summed E-state index contributed by atoms with van der Waals surface area (Å²) in [4.78, 5) is 36.6. The molecule has 1 aromatic carbocycles. The molecular formula is C16H22N2O5. The van der Waals surface area contributed by atoms with Gasteiger partial charge in [-0.2, -0.15) is 0 Å². The van der Waals surface area contributed by atoms with E-state index in [1.54, 1.807) is 14.2 Å². The Kier molecular flexibility index (Phi) is 7.76. The summed E-state index contributed by atoms with van der Waals surface area (Å²) in [7, 11) is 4.44. The topological polar surface area (TPSA) is 84.9 Å². The lowest BCUT2D eigenvalue weighted by Crippen LogP contribution is -2.38. The van der Waals surface area contributed by atoms with E-state index >= 15 is 0 Å². The third kappa shape index (κ3) is 6.07. The van der Waals surface area contributed by atoms with Gasteiger partial charge >= 0.3 is 5.97 Å². The second-order valence-corrected chi connectivity index (χ2v) is 4.93. The van der Waals surface area contributed by atoms with Gasteiger partial charge in [0.05, 0.1) is 19.2 Å². The first-order valence-corrected chi connectivity index (χ1v) is 7.19. The minimum Gasteiger partial charge on any atom is -0.465 e. The molecule has 0 heterocycles.